The molecule has 2 nitrogen and oxygen atoms in total. The van der Waals surface area contributed by atoms with E-state index in [1.165, 1.54) is 36.1 Å². The smallest absolute Gasteiger partial charge is 0.111 e. The lowest BCUT2D eigenvalue weighted by Gasteiger charge is -2.16. The van der Waals surface area contributed by atoms with Crippen LogP contribution in [-0.4, -0.2) is 9.97 Å². The summed E-state index contributed by atoms with van der Waals surface area (Å²) in [5.41, 5.74) is 7.27. The Labute approximate surface area is 143 Å². The molecule has 0 unspecified atom stereocenters. The van der Waals surface area contributed by atoms with Gasteiger partial charge in [0.05, 0.1) is 11.9 Å². The molecule has 0 spiro atoms. The predicted molar refractivity (Wildman–Crippen MR) is 102 cm³/mol. The molecular formula is C21H34N2. The summed E-state index contributed by atoms with van der Waals surface area (Å²) in [7, 11) is 0. The Hall–Kier alpha value is -1.57. The normalized spacial score (nSPS) is 13.7. The monoisotopic (exact) mass is 314 g/mol. The minimum atomic E-state index is 0. The molecule has 0 atom stereocenters. The number of aromatic nitrogens is 2. The molecule has 1 aliphatic rings. The highest BCUT2D eigenvalue weighted by Gasteiger charge is 2.23. The Morgan fingerprint density at radius 3 is 2.30 bits per heavy atom. The van der Waals surface area contributed by atoms with E-state index in [4.69, 9.17) is 0 Å². The fraction of sp³-hybridized carbons (Fsp3) is 0.571. The van der Waals surface area contributed by atoms with Gasteiger partial charge in [0.15, 0.2) is 0 Å². The van der Waals surface area contributed by atoms with Gasteiger partial charge in [-0.2, -0.15) is 0 Å². The van der Waals surface area contributed by atoms with Crippen molar-refractivity contribution in [3.8, 4) is 11.3 Å². The summed E-state index contributed by atoms with van der Waals surface area (Å²) >= 11 is 0. The highest BCUT2D eigenvalue weighted by atomic mass is 14.9. The van der Waals surface area contributed by atoms with Crippen molar-refractivity contribution in [2.24, 2.45) is 0 Å². The van der Waals surface area contributed by atoms with Crippen molar-refractivity contribution in [3.05, 3.63) is 40.8 Å². The van der Waals surface area contributed by atoms with Gasteiger partial charge < -0.3 is 4.98 Å². The molecule has 0 radical (unpaired) electrons. The topological polar surface area (TPSA) is 28.7 Å². The van der Waals surface area contributed by atoms with Gasteiger partial charge in [0.2, 0.25) is 0 Å². The summed E-state index contributed by atoms with van der Waals surface area (Å²) in [5, 5.41) is 0. The molecule has 3 rings (SSSR count). The molecule has 0 bridgehead atoms. The zero-order chi connectivity index (χ0) is 17.2. The van der Waals surface area contributed by atoms with Gasteiger partial charge in [-0.15, -0.1) is 0 Å². The number of H-pyrrole nitrogens is 1. The number of hydrogen-bond acceptors (Lipinski definition) is 1. The van der Waals surface area contributed by atoms with E-state index in [9.17, 15) is 0 Å². The maximum atomic E-state index is 4.59. The van der Waals surface area contributed by atoms with Crippen molar-refractivity contribution in [1.82, 2.24) is 9.97 Å². The van der Waals surface area contributed by atoms with Crippen molar-refractivity contribution in [2.75, 3.05) is 0 Å². The summed E-state index contributed by atoms with van der Waals surface area (Å²) in [6, 6.07) is 4.61. The first kappa shape index (κ1) is 17.8. The van der Waals surface area contributed by atoms with E-state index in [0.717, 1.165) is 5.82 Å². The van der Waals surface area contributed by atoms with Crippen LogP contribution >= 0.6 is 0 Å². The maximum absolute atomic E-state index is 4.59. The first-order valence-electron chi connectivity index (χ1n) is 9.08. The molecular weight excluding hydrogens is 280 g/mol. The van der Waals surface area contributed by atoms with Gasteiger partial charge in [-0.05, 0) is 41.9 Å². The highest BCUT2D eigenvalue weighted by Crippen LogP contribution is 2.37. The fourth-order valence-electron chi connectivity index (χ4n) is 3.37. The Morgan fingerprint density at radius 2 is 1.74 bits per heavy atom. The average molecular weight is 315 g/mol. The lowest BCUT2D eigenvalue weighted by atomic mass is 9.91. The van der Waals surface area contributed by atoms with Crippen LogP contribution in [-0.2, 0) is 18.3 Å². The van der Waals surface area contributed by atoms with Crippen LogP contribution in [0.1, 0.15) is 84.7 Å². The molecule has 1 aromatic heterocycles. The third kappa shape index (κ3) is 3.52. The summed E-state index contributed by atoms with van der Waals surface area (Å²) in [4.78, 5) is 8.13. The number of rotatable bonds is 2. The standard InChI is InChI=1S/C19H26N2.C2H6.H2/c1-12(2)13-9-10-16(15-8-6-7-14(13)15)17-11-20-18(21-17)19(3,4)5;1-2;/h9-12H,6-8H2,1-5H3,(H,20,21);1-2H3;1H. The summed E-state index contributed by atoms with van der Waals surface area (Å²) < 4.78 is 0. The molecule has 1 heterocycles. The quantitative estimate of drug-likeness (QED) is 0.696. The number of aromatic amines is 1. The minimum absolute atomic E-state index is 0. The number of nitrogens with zero attached hydrogens (tertiary/aromatic N) is 1. The van der Waals surface area contributed by atoms with Crippen molar-refractivity contribution in [3.63, 3.8) is 0 Å². The van der Waals surface area contributed by atoms with E-state index >= 15 is 0 Å². The molecule has 0 saturated carbocycles. The van der Waals surface area contributed by atoms with Gasteiger partial charge >= 0.3 is 0 Å². The van der Waals surface area contributed by atoms with Crippen LogP contribution in [0, 0.1) is 0 Å². The Morgan fingerprint density at radius 1 is 1.09 bits per heavy atom. The van der Waals surface area contributed by atoms with Crippen molar-refractivity contribution >= 4 is 0 Å². The zero-order valence-electron chi connectivity index (χ0n) is 15.9. The molecule has 0 aliphatic heterocycles. The van der Waals surface area contributed by atoms with Gasteiger partial charge in [0.25, 0.3) is 0 Å². The van der Waals surface area contributed by atoms with Crippen LogP contribution in [0.2, 0.25) is 0 Å². The number of fused-ring (bicyclic) bond motifs is 1. The predicted octanol–water partition coefficient (Wildman–Crippen LogP) is 6.26. The molecule has 23 heavy (non-hydrogen) atoms. The highest BCUT2D eigenvalue weighted by molar-refractivity contribution is 5.67. The summed E-state index contributed by atoms with van der Waals surface area (Å²) in [6.07, 6.45) is 5.72. The van der Waals surface area contributed by atoms with Crippen molar-refractivity contribution in [1.29, 1.82) is 0 Å². The average Bonchev–Trinajstić information content (AvgIpc) is 3.17. The lowest BCUT2D eigenvalue weighted by molar-refractivity contribution is 0.553. The lowest BCUT2D eigenvalue weighted by Crippen LogP contribution is -2.13. The molecule has 1 N–H and O–H groups in total. The molecule has 0 saturated heterocycles. The van der Waals surface area contributed by atoms with E-state index in [-0.39, 0.29) is 6.84 Å². The molecule has 1 aliphatic carbocycles. The Balaban J connectivity index is 0.000000925. The third-order valence-corrected chi connectivity index (χ3v) is 4.52. The number of imidazole rings is 1. The summed E-state index contributed by atoms with van der Waals surface area (Å²) in [6.45, 7) is 15.2. The second-order valence-electron chi connectivity index (χ2n) is 7.56. The Kier molecular flexibility index (Phi) is 5.33. The molecule has 0 amide bonds. The third-order valence-electron chi connectivity index (χ3n) is 4.52. The first-order valence-corrected chi connectivity index (χ1v) is 9.08. The van der Waals surface area contributed by atoms with Gasteiger partial charge in [-0.25, -0.2) is 4.98 Å². The minimum Gasteiger partial charge on any atom is -0.342 e. The van der Waals surface area contributed by atoms with Gasteiger partial charge in [-0.3, -0.25) is 0 Å². The molecule has 1 aromatic carbocycles. The van der Waals surface area contributed by atoms with E-state index in [2.05, 4.69) is 56.7 Å². The maximum Gasteiger partial charge on any atom is 0.111 e. The first-order chi connectivity index (χ1) is 10.9. The van der Waals surface area contributed by atoms with Crippen LogP contribution in [0.3, 0.4) is 0 Å². The van der Waals surface area contributed by atoms with Gasteiger partial charge in [0.1, 0.15) is 5.82 Å². The molecule has 2 aromatic rings. The van der Waals surface area contributed by atoms with Crippen molar-refractivity contribution < 1.29 is 1.43 Å². The number of benzene rings is 1. The largest absolute Gasteiger partial charge is 0.342 e. The van der Waals surface area contributed by atoms with Crippen LogP contribution in [0.25, 0.3) is 11.3 Å². The molecule has 128 valence electrons. The number of hydrogen-bond donors (Lipinski definition) is 1. The van der Waals surface area contributed by atoms with E-state index in [0.29, 0.717) is 5.92 Å². The summed E-state index contributed by atoms with van der Waals surface area (Å²) in [5.74, 6) is 1.68. The SMILES string of the molecule is CC.CC(C)c1ccc(-c2cnc(C(C)(C)C)[nH]2)c2c1CCC2.[HH]. The van der Waals surface area contributed by atoms with Crippen molar-refractivity contribution in [2.45, 2.75) is 79.1 Å². The van der Waals surface area contributed by atoms with Crippen LogP contribution in [0.5, 0.6) is 0 Å². The molecule has 2 heteroatoms. The second kappa shape index (κ2) is 6.90. The second-order valence-corrected chi connectivity index (χ2v) is 7.56. The molecule has 0 fully saturated rings. The zero-order valence-corrected chi connectivity index (χ0v) is 15.9. The van der Waals surface area contributed by atoms with E-state index in [1.54, 1.807) is 11.1 Å². The van der Waals surface area contributed by atoms with Crippen LogP contribution in [0.4, 0.5) is 0 Å². The van der Waals surface area contributed by atoms with Gasteiger partial charge in [-0.1, -0.05) is 60.6 Å². The van der Waals surface area contributed by atoms with Crippen LogP contribution < -0.4 is 0 Å². The van der Waals surface area contributed by atoms with Gasteiger partial charge in [0, 0.05) is 12.4 Å². The van der Waals surface area contributed by atoms with Crippen LogP contribution in [0.15, 0.2) is 18.3 Å². The van der Waals surface area contributed by atoms with E-state index < -0.39 is 0 Å². The fourth-order valence-corrected chi connectivity index (χ4v) is 3.37. The number of nitrogens with one attached hydrogen (secondary N) is 1. The van der Waals surface area contributed by atoms with E-state index in [1.807, 2.05) is 20.0 Å². The Bertz CT molecular complexity index is 663.